The summed E-state index contributed by atoms with van der Waals surface area (Å²) < 4.78 is 10.8. The van der Waals surface area contributed by atoms with Gasteiger partial charge in [0.25, 0.3) is 0 Å². The maximum Gasteiger partial charge on any atom is 0.225 e. The van der Waals surface area contributed by atoms with E-state index >= 15 is 0 Å². The molecule has 0 radical (unpaired) electrons. The van der Waals surface area contributed by atoms with Gasteiger partial charge in [0.05, 0.1) is 19.1 Å². The molecular formula is C13H22ClN3O2. The third-order valence-electron chi connectivity index (χ3n) is 2.55. The minimum Gasteiger partial charge on any atom is -0.380 e. The van der Waals surface area contributed by atoms with Gasteiger partial charge in [-0.05, 0) is 13.8 Å². The molecule has 1 heterocycles. The number of hydrogen-bond donors (Lipinski definition) is 0. The monoisotopic (exact) mass is 287 g/mol. The van der Waals surface area contributed by atoms with Gasteiger partial charge in [-0.1, -0.05) is 0 Å². The van der Waals surface area contributed by atoms with Gasteiger partial charge in [-0.3, -0.25) is 0 Å². The molecular weight excluding hydrogens is 266 g/mol. The molecule has 0 saturated carbocycles. The number of anilines is 1. The topological polar surface area (TPSA) is 47.5 Å². The van der Waals surface area contributed by atoms with E-state index in [2.05, 4.69) is 14.9 Å². The number of halogens is 1. The number of ether oxygens (including phenoxy) is 2. The second-order valence-electron chi connectivity index (χ2n) is 3.91. The summed E-state index contributed by atoms with van der Waals surface area (Å²) >= 11 is 5.73. The molecule has 0 unspecified atom stereocenters. The van der Waals surface area contributed by atoms with Crippen LogP contribution in [0, 0.1) is 0 Å². The van der Waals surface area contributed by atoms with Crippen molar-refractivity contribution in [3.63, 3.8) is 0 Å². The van der Waals surface area contributed by atoms with Crippen molar-refractivity contribution in [3.8, 4) is 0 Å². The van der Waals surface area contributed by atoms with Gasteiger partial charge >= 0.3 is 0 Å². The number of alkyl halides is 1. The lowest BCUT2D eigenvalue weighted by Crippen LogP contribution is -2.32. The van der Waals surface area contributed by atoms with Gasteiger partial charge in [-0.2, -0.15) is 0 Å². The minimum atomic E-state index is 0.429. The van der Waals surface area contributed by atoms with E-state index in [1.807, 2.05) is 13.8 Å². The van der Waals surface area contributed by atoms with E-state index in [0.29, 0.717) is 38.3 Å². The molecule has 0 amide bonds. The van der Waals surface area contributed by atoms with Gasteiger partial charge in [-0.15, -0.1) is 11.6 Å². The van der Waals surface area contributed by atoms with Crippen LogP contribution in [0.4, 0.5) is 5.95 Å². The third-order valence-corrected chi connectivity index (χ3v) is 2.86. The summed E-state index contributed by atoms with van der Waals surface area (Å²) in [5.74, 6) is 1.12. The average molecular weight is 288 g/mol. The van der Waals surface area contributed by atoms with Gasteiger partial charge in [0.1, 0.15) is 0 Å². The molecule has 0 N–H and O–H groups in total. The first-order valence-electron chi connectivity index (χ1n) is 6.59. The molecule has 0 saturated heterocycles. The van der Waals surface area contributed by atoms with Gasteiger partial charge in [0.15, 0.2) is 0 Å². The van der Waals surface area contributed by atoms with Crippen molar-refractivity contribution < 1.29 is 9.47 Å². The number of nitrogens with zero attached hydrogens (tertiary/aromatic N) is 3. The van der Waals surface area contributed by atoms with E-state index < -0.39 is 0 Å². The number of rotatable bonds is 10. The molecule has 0 aliphatic heterocycles. The highest BCUT2D eigenvalue weighted by molar-refractivity contribution is 6.17. The summed E-state index contributed by atoms with van der Waals surface area (Å²) in [4.78, 5) is 10.7. The van der Waals surface area contributed by atoms with E-state index in [1.165, 1.54) is 0 Å². The van der Waals surface area contributed by atoms with E-state index in [0.717, 1.165) is 18.7 Å². The second-order valence-corrected chi connectivity index (χ2v) is 4.17. The lowest BCUT2D eigenvalue weighted by atomic mass is 10.4. The quantitative estimate of drug-likeness (QED) is 0.487. The van der Waals surface area contributed by atoms with Crippen molar-refractivity contribution in [2.75, 3.05) is 44.4 Å². The van der Waals surface area contributed by atoms with Gasteiger partial charge < -0.3 is 14.4 Å². The highest BCUT2D eigenvalue weighted by atomic mass is 35.5. The normalized spacial score (nSPS) is 10.7. The predicted molar refractivity (Wildman–Crippen MR) is 76.8 cm³/mol. The molecule has 0 spiro atoms. The van der Waals surface area contributed by atoms with Crippen LogP contribution in [0.15, 0.2) is 12.4 Å². The van der Waals surface area contributed by atoms with Crippen LogP contribution in [0.1, 0.15) is 19.4 Å². The molecule has 0 bridgehead atoms. The van der Waals surface area contributed by atoms with E-state index in [1.54, 1.807) is 12.4 Å². The van der Waals surface area contributed by atoms with Crippen LogP contribution in [0.3, 0.4) is 0 Å². The molecule has 0 aliphatic carbocycles. The van der Waals surface area contributed by atoms with E-state index in [4.69, 9.17) is 21.1 Å². The summed E-state index contributed by atoms with van der Waals surface area (Å²) in [7, 11) is 0. The van der Waals surface area contributed by atoms with Crippen molar-refractivity contribution in [1.29, 1.82) is 0 Å². The van der Waals surface area contributed by atoms with Crippen LogP contribution in [-0.2, 0) is 15.4 Å². The lowest BCUT2D eigenvalue weighted by Gasteiger charge is -2.22. The lowest BCUT2D eigenvalue weighted by molar-refractivity contribution is 0.141. The average Bonchev–Trinajstić information content (AvgIpc) is 2.46. The van der Waals surface area contributed by atoms with Crippen LogP contribution in [-0.4, -0.2) is 49.5 Å². The van der Waals surface area contributed by atoms with Crippen molar-refractivity contribution in [1.82, 2.24) is 9.97 Å². The molecule has 1 aromatic heterocycles. The predicted octanol–water partition coefficient (Wildman–Crippen LogP) is 2.09. The van der Waals surface area contributed by atoms with Crippen LogP contribution < -0.4 is 4.90 Å². The van der Waals surface area contributed by atoms with Gasteiger partial charge in [0.2, 0.25) is 5.95 Å². The van der Waals surface area contributed by atoms with Crippen molar-refractivity contribution >= 4 is 17.5 Å². The van der Waals surface area contributed by atoms with Crippen LogP contribution in [0.5, 0.6) is 0 Å². The van der Waals surface area contributed by atoms with Crippen molar-refractivity contribution in [2.45, 2.75) is 19.7 Å². The SMILES string of the molecule is CCOCCN(CCOCC)c1ncc(CCl)cn1. The Kier molecular flexibility index (Phi) is 8.45. The Balaban J connectivity index is 2.58. The molecule has 1 rings (SSSR count). The van der Waals surface area contributed by atoms with Crippen LogP contribution >= 0.6 is 11.6 Å². The van der Waals surface area contributed by atoms with Crippen LogP contribution in [0.2, 0.25) is 0 Å². The third kappa shape index (κ3) is 6.18. The Bertz CT molecular complexity index is 325. The van der Waals surface area contributed by atoms with Crippen LogP contribution in [0.25, 0.3) is 0 Å². The first-order valence-corrected chi connectivity index (χ1v) is 7.12. The van der Waals surface area contributed by atoms with E-state index in [9.17, 15) is 0 Å². The fourth-order valence-electron chi connectivity index (χ4n) is 1.53. The highest BCUT2D eigenvalue weighted by Crippen LogP contribution is 2.08. The molecule has 0 aliphatic rings. The number of aromatic nitrogens is 2. The zero-order valence-corrected chi connectivity index (χ0v) is 12.4. The van der Waals surface area contributed by atoms with Crippen molar-refractivity contribution in [3.05, 3.63) is 18.0 Å². The Labute approximate surface area is 119 Å². The molecule has 19 heavy (non-hydrogen) atoms. The molecule has 108 valence electrons. The maximum atomic E-state index is 5.73. The smallest absolute Gasteiger partial charge is 0.225 e. The summed E-state index contributed by atoms with van der Waals surface area (Å²) in [6.45, 7) is 8.21. The second kappa shape index (κ2) is 9.95. The first-order chi connectivity index (χ1) is 9.31. The summed E-state index contributed by atoms with van der Waals surface area (Å²) in [6, 6.07) is 0. The zero-order chi connectivity index (χ0) is 13.9. The summed E-state index contributed by atoms with van der Waals surface area (Å²) in [5.41, 5.74) is 0.917. The Morgan fingerprint density at radius 2 is 1.58 bits per heavy atom. The van der Waals surface area contributed by atoms with Gasteiger partial charge in [-0.25, -0.2) is 9.97 Å². The standard InChI is InChI=1S/C13H22ClN3O2/c1-3-18-7-5-17(6-8-19-4-2)13-15-10-12(9-14)11-16-13/h10-11H,3-9H2,1-2H3. The molecule has 5 nitrogen and oxygen atoms in total. The largest absolute Gasteiger partial charge is 0.380 e. The van der Waals surface area contributed by atoms with E-state index in [-0.39, 0.29) is 0 Å². The Morgan fingerprint density at radius 3 is 2.00 bits per heavy atom. The Morgan fingerprint density at radius 1 is 1.05 bits per heavy atom. The molecule has 1 aromatic rings. The molecule has 0 fully saturated rings. The van der Waals surface area contributed by atoms with Gasteiger partial charge in [0, 0.05) is 44.3 Å². The first kappa shape index (κ1) is 16.1. The highest BCUT2D eigenvalue weighted by Gasteiger charge is 2.09. The molecule has 6 heteroatoms. The summed E-state index contributed by atoms with van der Waals surface area (Å²) in [6.07, 6.45) is 3.51. The van der Waals surface area contributed by atoms with Crippen molar-refractivity contribution in [2.24, 2.45) is 0 Å². The minimum absolute atomic E-state index is 0.429. The maximum absolute atomic E-state index is 5.73. The zero-order valence-electron chi connectivity index (χ0n) is 11.6. The number of hydrogen-bond acceptors (Lipinski definition) is 5. The fraction of sp³-hybridized carbons (Fsp3) is 0.692. The molecule has 0 aromatic carbocycles. The Hall–Kier alpha value is -0.910. The molecule has 0 atom stereocenters. The summed E-state index contributed by atoms with van der Waals surface area (Å²) in [5, 5.41) is 0. The fourth-order valence-corrected chi connectivity index (χ4v) is 1.67.